The molecule has 0 fully saturated rings. The average Bonchev–Trinajstić information content (AvgIpc) is 3.29. The number of Topliss-reactive ketones (excluding diaryl/α,β-unsaturated/α-hetero) is 1. The number of hydrogen-bond donors (Lipinski definition) is 0. The van der Waals surface area contributed by atoms with Crippen molar-refractivity contribution in [3.05, 3.63) is 111 Å². The molecule has 0 aliphatic heterocycles. The molecule has 0 aromatic heterocycles. The lowest BCUT2D eigenvalue weighted by Gasteiger charge is -2.29. The Balaban J connectivity index is 2.08. The fourth-order valence-corrected chi connectivity index (χ4v) is 4.84. The number of carbonyl (C=O) groups excluding carboxylic acids is 4. The number of rotatable bonds is 9. The van der Waals surface area contributed by atoms with E-state index in [1.165, 1.54) is 55.6 Å². The van der Waals surface area contributed by atoms with Crippen LogP contribution in [0.1, 0.15) is 51.3 Å². The van der Waals surface area contributed by atoms with Gasteiger partial charge in [-0.3, -0.25) is 24.5 Å². The Hall–Kier alpha value is -5.12. The highest BCUT2D eigenvalue weighted by Gasteiger charge is 2.60. The molecule has 4 rings (SSSR count). The summed E-state index contributed by atoms with van der Waals surface area (Å²) in [6.07, 6.45) is 0. The topological polar surface area (TPSA) is 139 Å². The summed E-state index contributed by atoms with van der Waals surface area (Å²) in [6.45, 7) is 3.05. The molecule has 0 spiro atoms. The minimum Gasteiger partial charge on any atom is -0.465 e. The molecule has 0 N–H and O–H groups in total. The van der Waals surface area contributed by atoms with Gasteiger partial charge in [0.25, 0.3) is 5.69 Å². The maximum absolute atomic E-state index is 14.2. The summed E-state index contributed by atoms with van der Waals surface area (Å²) in [4.78, 5) is 64.5. The number of hydrogen-bond acceptors (Lipinski definition) is 9. The van der Waals surface area contributed by atoms with Crippen LogP contribution in [-0.4, -0.2) is 48.9 Å². The number of ketones is 1. The second kappa shape index (κ2) is 11.3. The van der Waals surface area contributed by atoms with Crippen LogP contribution in [0.3, 0.4) is 0 Å². The Kier molecular flexibility index (Phi) is 7.90. The maximum Gasteiger partial charge on any atom is 0.337 e. The number of esters is 3. The highest BCUT2D eigenvalue weighted by atomic mass is 16.6. The molecule has 1 aliphatic rings. The lowest BCUT2D eigenvalue weighted by atomic mass is 9.74. The van der Waals surface area contributed by atoms with Crippen LogP contribution in [-0.2, 0) is 29.2 Å². The first kappa shape index (κ1) is 27.9. The van der Waals surface area contributed by atoms with E-state index >= 15 is 0 Å². The highest BCUT2D eigenvalue weighted by Crippen LogP contribution is 2.53. The molecule has 204 valence electrons. The van der Waals surface area contributed by atoms with Crippen LogP contribution in [0.5, 0.6) is 0 Å². The van der Waals surface area contributed by atoms with Crippen molar-refractivity contribution < 1.29 is 38.3 Å². The molecule has 0 heterocycles. The summed E-state index contributed by atoms with van der Waals surface area (Å²) >= 11 is 0. The summed E-state index contributed by atoms with van der Waals surface area (Å²) in [5.74, 6) is -3.02. The lowest BCUT2D eigenvalue weighted by Crippen LogP contribution is -2.46. The highest BCUT2D eigenvalue weighted by molar-refractivity contribution is 6.42. The summed E-state index contributed by atoms with van der Waals surface area (Å²) in [7, 11) is 1.24. The Morgan fingerprint density at radius 2 is 1.35 bits per heavy atom. The van der Waals surface area contributed by atoms with Gasteiger partial charge in [-0.15, -0.1) is 0 Å². The number of benzene rings is 3. The summed E-state index contributed by atoms with van der Waals surface area (Å²) in [5, 5.41) is 11.3. The molecule has 0 saturated carbocycles. The monoisotopic (exact) mass is 543 g/mol. The first-order chi connectivity index (χ1) is 19.2. The van der Waals surface area contributed by atoms with Crippen LogP contribution in [0, 0.1) is 10.1 Å². The molecule has 0 atom stereocenters. The molecule has 0 amide bonds. The first-order valence-electron chi connectivity index (χ1n) is 12.4. The fraction of sp³-hybridized carbons (Fsp3) is 0.200. The van der Waals surface area contributed by atoms with E-state index in [0.29, 0.717) is 5.56 Å². The van der Waals surface area contributed by atoms with Crippen LogP contribution in [0.25, 0.3) is 11.1 Å². The van der Waals surface area contributed by atoms with Crippen LogP contribution in [0.15, 0.2) is 72.8 Å². The summed E-state index contributed by atoms with van der Waals surface area (Å²) in [5.41, 5.74) is -1.28. The predicted octanol–water partition coefficient (Wildman–Crippen LogP) is 4.55. The number of nitro groups is 1. The molecule has 10 nitrogen and oxygen atoms in total. The number of methoxy groups -OCH3 is 1. The number of allylic oxidation sites excluding steroid dienone is 1. The molecule has 3 aromatic rings. The minimum atomic E-state index is -2.18. The van der Waals surface area contributed by atoms with Gasteiger partial charge < -0.3 is 14.2 Å². The third kappa shape index (κ3) is 4.53. The third-order valence-corrected chi connectivity index (χ3v) is 6.55. The van der Waals surface area contributed by atoms with Crippen molar-refractivity contribution >= 4 is 40.5 Å². The number of ether oxygens (including phenoxy) is 3. The van der Waals surface area contributed by atoms with Crippen molar-refractivity contribution in [2.75, 3.05) is 20.3 Å². The molecule has 0 unspecified atom stereocenters. The third-order valence-electron chi connectivity index (χ3n) is 6.55. The second-order valence-corrected chi connectivity index (χ2v) is 8.69. The van der Waals surface area contributed by atoms with Crippen LogP contribution in [0.4, 0.5) is 5.69 Å². The summed E-state index contributed by atoms with van der Waals surface area (Å²) < 4.78 is 15.5. The zero-order valence-electron chi connectivity index (χ0n) is 22.0. The Labute approximate surface area is 229 Å². The Morgan fingerprint density at radius 1 is 0.800 bits per heavy atom. The maximum atomic E-state index is 14.2. The van der Waals surface area contributed by atoms with Gasteiger partial charge in [0.05, 0.1) is 30.8 Å². The van der Waals surface area contributed by atoms with E-state index in [9.17, 15) is 29.3 Å². The molecule has 0 saturated heterocycles. The number of nitrogens with zero attached hydrogens (tertiary/aromatic N) is 1. The van der Waals surface area contributed by atoms with Gasteiger partial charge in [0.2, 0.25) is 5.41 Å². The fourth-order valence-electron chi connectivity index (χ4n) is 4.84. The average molecular weight is 544 g/mol. The molecule has 10 heteroatoms. The number of nitro benzene ring substituents is 1. The van der Waals surface area contributed by atoms with Crippen molar-refractivity contribution in [1.29, 1.82) is 0 Å². The van der Waals surface area contributed by atoms with E-state index in [2.05, 4.69) is 0 Å². The van der Waals surface area contributed by atoms with Crippen molar-refractivity contribution in [2.24, 2.45) is 0 Å². The first-order valence-corrected chi connectivity index (χ1v) is 12.4. The molecular weight excluding hydrogens is 518 g/mol. The minimum absolute atomic E-state index is 0.0115. The normalized spacial score (nSPS) is 13.3. The Bertz CT molecular complexity index is 1520. The van der Waals surface area contributed by atoms with Crippen LogP contribution in [0.2, 0.25) is 0 Å². The van der Waals surface area contributed by atoms with Gasteiger partial charge in [-0.25, -0.2) is 4.79 Å². The number of fused-ring (bicyclic) bond motifs is 1. The predicted molar refractivity (Wildman–Crippen MR) is 143 cm³/mol. The molecule has 1 aliphatic carbocycles. The van der Waals surface area contributed by atoms with Crippen molar-refractivity contribution in [2.45, 2.75) is 19.3 Å². The standard InChI is InChI=1S/C30H25NO9/c1-4-39-28(34)30(29(35)40-5-2)23-9-7-6-8-22(23)24(25(30)18-14-16-21(17-15-18)31(36)37)26(32)19-10-12-20(13-11-19)27(33)38-3/h6-17H,4-5H2,1-3H3. The van der Waals surface area contributed by atoms with E-state index in [0.717, 1.165) is 0 Å². The largest absolute Gasteiger partial charge is 0.465 e. The van der Waals surface area contributed by atoms with E-state index in [4.69, 9.17) is 14.2 Å². The van der Waals surface area contributed by atoms with Gasteiger partial charge in [-0.1, -0.05) is 36.4 Å². The van der Waals surface area contributed by atoms with Crippen molar-refractivity contribution in [3.8, 4) is 0 Å². The number of non-ortho nitro benzene ring substituents is 1. The lowest BCUT2D eigenvalue weighted by molar-refractivity contribution is -0.384. The second-order valence-electron chi connectivity index (χ2n) is 8.69. The molecule has 0 bridgehead atoms. The van der Waals surface area contributed by atoms with Gasteiger partial charge in [0.1, 0.15) is 0 Å². The van der Waals surface area contributed by atoms with Gasteiger partial charge in [-0.05, 0) is 54.8 Å². The molecule has 40 heavy (non-hydrogen) atoms. The zero-order chi connectivity index (χ0) is 29.0. The van der Waals surface area contributed by atoms with E-state index in [1.54, 1.807) is 38.1 Å². The van der Waals surface area contributed by atoms with E-state index < -0.39 is 34.0 Å². The quantitative estimate of drug-likeness (QED) is 0.0949. The van der Waals surface area contributed by atoms with Crippen LogP contribution < -0.4 is 0 Å². The Morgan fingerprint density at radius 3 is 1.88 bits per heavy atom. The smallest absolute Gasteiger partial charge is 0.337 e. The van der Waals surface area contributed by atoms with Gasteiger partial charge in [0.15, 0.2) is 5.78 Å². The van der Waals surface area contributed by atoms with Crippen molar-refractivity contribution in [3.63, 3.8) is 0 Å². The van der Waals surface area contributed by atoms with E-state index in [1.807, 2.05) is 0 Å². The molecular formula is C30H25NO9. The van der Waals surface area contributed by atoms with Crippen LogP contribution >= 0.6 is 0 Å². The zero-order valence-corrected chi connectivity index (χ0v) is 22.0. The van der Waals surface area contributed by atoms with Gasteiger partial charge in [-0.2, -0.15) is 0 Å². The van der Waals surface area contributed by atoms with Gasteiger partial charge in [0, 0.05) is 28.8 Å². The van der Waals surface area contributed by atoms with Gasteiger partial charge >= 0.3 is 17.9 Å². The molecule has 3 aromatic carbocycles. The molecule has 0 radical (unpaired) electrons. The van der Waals surface area contributed by atoms with Crippen molar-refractivity contribution in [1.82, 2.24) is 0 Å². The van der Waals surface area contributed by atoms with E-state index in [-0.39, 0.29) is 52.3 Å². The SMILES string of the molecule is CCOC(=O)C1(C(=O)OCC)C(c2ccc([N+](=O)[O-])cc2)=C(C(=O)c2ccc(C(=O)OC)cc2)c2ccccc21. The summed E-state index contributed by atoms with van der Waals surface area (Å²) in [6, 6.07) is 17.4. The number of carbonyl (C=O) groups is 4.